The zero-order chi connectivity index (χ0) is 10.0. The van der Waals surface area contributed by atoms with Crippen molar-refractivity contribution < 1.29 is 9.59 Å². The second-order valence-corrected chi connectivity index (χ2v) is 3.64. The Morgan fingerprint density at radius 3 is 2.62 bits per heavy atom. The van der Waals surface area contributed by atoms with Crippen LogP contribution in [0.15, 0.2) is 5.38 Å². The molecule has 0 saturated heterocycles. The van der Waals surface area contributed by atoms with Crippen LogP contribution in [0.25, 0.3) is 0 Å². The maximum absolute atomic E-state index is 11.2. The van der Waals surface area contributed by atoms with Crippen LogP contribution in [0.2, 0.25) is 5.02 Å². The summed E-state index contributed by atoms with van der Waals surface area (Å²) in [7, 11) is 0. The van der Waals surface area contributed by atoms with Crippen LogP contribution in [0, 0.1) is 6.92 Å². The summed E-state index contributed by atoms with van der Waals surface area (Å²) in [6.45, 7) is 1.78. The van der Waals surface area contributed by atoms with Crippen molar-refractivity contribution in [2.75, 3.05) is 0 Å². The van der Waals surface area contributed by atoms with Gasteiger partial charge in [-0.05, 0) is 17.9 Å². The van der Waals surface area contributed by atoms with Crippen molar-refractivity contribution in [1.29, 1.82) is 0 Å². The number of carbonyl (C=O) groups excluding carboxylic acids is 2. The van der Waals surface area contributed by atoms with Gasteiger partial charge in [0.15, 0.2) is 0 Å². The van der Waals surface area contributed by atoms with Gasteiger partial charge in [0.25, 0.3) is 5.91 Å². The molecule has 3 N–H and O–H groups in total. The molecule has 1 heterocycles. The molecule has 0 aromatic carbocycles. The number of imide groups is 1. The number of carbonyl (C=O) groups is 2. The molecular weight excluding hydrogens is 212 g/mol. The van der Waals surface area contributed by atoms with Crippen molar-refractivity contribution in [2.45, 2.75) is 6.92 Å². The molecule has 1 rings (SSSR count). The number of rotatable bonds is 1. The summed E-state index contributed by atoms with van der Waals surface area (Å²) < 4.78 is 0. The van der Waals surface area contributed by atoms with Crippen molar-refractivity contribution in [3.05, 3.63) is 20.8 Å². The fourth-order valence-electron chi connectivity index (χ4n) is 0.752. The van der Waals surface area contributed by atoms with Crippen LogP contribution in [0.1, 0.15) is 15.2 Å². The molecule has 0 fully saturated rings. The summed E-state index contributed by atoms with van der Waals surface area (Å²) in [6.07, 6.45) is 0. The van der Waals surface area contributed by atoms with Crippen LogP contribution in [0.5, 0.6) is 0 Å². The molecule has 1 aromatic heterocycles. The normalized spacial score (nSPS) is 9.69. The lowest BCUT2D eigenvalue weighted by Crippen LogP contribution is -2.34. The molecule has 1 aromatic rings. The molecule has 4 nitrogen and oxygen atoms in total. The SMILES string of the molecule is Cc1csc(C(=O)NC(N)=O)c1Cl. The Morgan fingerprint density at radius 2 is 2.23 bits per heavy atom. The first kappa shape index (κ1) is 10.0. The molecule has 0 unspecified atom stereocenters. The number of hydrogen-bond acceptors (Lipinski definition) is 3. The first-order chi connectivity index (χ1) is 6.02. The molecule has 0 atom stereocenters. The molecule has 6 heteroatoms. The van der Waals surface area contributed by atoms with Gasteiger partial charge in [-0.15, -0.1) is 11.3 Å². The number of nitrogens with one attached hydrogen (secondary N) is 1. The zero-order valence-corrected chi connectivity index (χ0v) is 8.33. The predicted molar refractivity (Wildman–Crippen MR) is 51.1 cm³/mol. The number of urea groups is 1. The Labute approximate surface area is 83.7 Å². The van der Waals surface area contributed by atoms with E-state index in [-0.39, 0.29) is 0 Å². The number of thiophene rings is 1. The van der Waals surface area contributed by atoms with E-state index in [9.17, 15) is 9.59 Å². The van der Waals surface area contributed by atoms with Crippen LogP contribution in [0.3, 0.4) is 0 Å². The summed E-state index contributed by atoms with van der Waals surface area (Å²) in [4.78, 5) is 21.9. The van der Waals surface area contributed by atoms with Crippen molar-refractivity contribution in [2.24, 2.45) is 5.73 Å². The highest BCUT2D eigenvalue weighted by atomic mass is 35.5. The predicted octanol–water partition coefficient (Wildman–Crippen LogP) is 1.52. The standard InChI is InChI=1S/C7H7ClN2O2S/c1-3-2-13-5(4(3)8)6(11)10-7(9)12/h2H,1H3,(H3,9,10,11,12). The maximum Gasteiger partial charge on any atom is 0.319 e. The fraction of sp³-hybridized carbons (Fsp3) is 0.143. The molecule has 0 aliphatic heterocycles. The van der Waals surface area contributed by atoms with E-state index in [2.05, 4.69) is 0 Å². The summed E-state index contributed by atoms with van der Waals surface area (Å²) in [6, 6.07) is -0.882. The van der Waals surface area contributed by atoms with Crippen molar-refractivity contribution >= 4 is 34.9 Å². The molecule has 0 radical (unpaired) electrons. The highest BCUT2D eigenvalue weighted by Gasteiger charge is 2.15. The van der Waals surface area contributed by atoms with Gasteiger partial charge in [-0.1, -0.05) is 11.6 Å². The Morgan fingerprint density at radius 1 is 1.62 bits per heavy atom. The lowest BCUT2D eigenvalue weighted by molar-refractivity contribution is 0.0970. The largest absolute Gasteiger partial charge is 0.351 e. The van der Waals surface area contributed by atoms with Gasteiger partial charge in [0.1, 0.15) is 4.88 Å². The number of nitrogens with two attached hydrogens (primary N) is 1. The lowest BCUT2D eigenvalue weighted by atomic mass is 10.3. The molecular formula is C7H7ClN2O2S. The quantitative estimate of drug-likeness (QED) is 0.750. The van der Waals surface area contributed by atoms with E-state index in [1.54, 1.807) is 12.3 Å². The van der Waals surface area contributed by atoms with E-state index < -0.39 is 11.9 Å². The minimum atomic E-state index is -0.882. The number of hydrogen-bond donors (Lipinski definition) is 2. The van der Waals surface area contributed by atoms with Crippen LogP contribution in [0.4, 0.5) is 4.79 Å². The van der Waals surface area contributed by atoms with Crippen LogP contribution >= 0.6 is 22.9 Å². The summed E-state index contributed by atoms with van der Waals surface area (Å²) in [5.74, 6) is -0.560. The van der Waals surface area contributed by atoms with E-state index in [0.29, 0.717) is 9.90 Å². The smallest absolute Gasteiger partial charge is 0.319 e. The molecule has 0 aliphatic carbocycles. The highest BCUT2D eigenvalue weighted by molar-refractivity contribution is 7.13. The molecule has 70 valence electrons. The van der Waals surface area contributed by atoms with Gasteiger partial charge in [0.05, 0.1) is 5.02 Å². The van der Waals surface area contributed by atoms with Gasteiger partial charge < -0.3 is 5.73 Å². The minimum absolute atomic E-state index is 0.304. The molecule has 0 aliphatic rings. The Bertz CT molecular complexity index is 361. The average Bonchev–Trinajstić information content (AvgIpc) is 2.31. The first-order valence-electron chi connectivity index (χ1n) is 3.36. The molecule has 0 bridgehead atoms. The van der Waals surface area contributed by atoms with Gasteiger partial charge in [-0.3, -0.25) is 10.1 Å². The fourth-order valence-corrected chi connectivity index (χ4v) is 1.93. The van der Waals surface area contributed by atoms with Crippen LogP contribution < -0.4 is 11.1 Å². The van der Waals surface area contributed by atoms with E-state index in [4.69, 9.17) is 17.3 Å². The highest BCUT2D eigenvalue weighted by Crippen LogP contribution is 2.26. The second-order valence-electron chi connectivity index (χ2n) is 2.38. The van der Waals surface area contributed by atoms with E-state index in [1.165, 1.54) is 11.3 Å². The number of aryl methyl sites for hydroxylation is 1. The Kier molecular flexibility index (Phi) is 2.90. The topological polar surface area (TPSA) is 72.2 Å². The Balaban J connectivity index is 2.89. The molecule has 3 amide bonds. The van der Waals surface area contributed by atoms with Crippen molar-refractivity contribution in [3.8, 4) is 0 Å². The number of halogens is 1. The Hall–Kier alpha value is -1.07. The summed E-state index contributed by atoms with van der Waals surface area (Å²) in [5, 5.41) is 4.04. The molecule has 13 heavy (non-hydrogen) atoms. The van der Waals surface area contributed by atoms with Gasteiger partial charge in [-0.25, -0.2) is 4.79 Å². The van der Waals surface area contributed by atoms with Crippen molar-refractivity contribution in [1.82, 2.24) is 5.32 Å². The maximum atomic E-state index is 11.2. The summed E-state index contributed by atoms with van der Waals surface area (Å²) in [5.41, 5.74) is 5.58. The van der Waals surface area contributed by atoms with E-state index in [0.717, 1.165) is 5.56 Å². The van der Waals surface area contributed by atoms with Gasteiger partial charge >= 0.3 is 6.03 Å². The third-order valence-corrected chi connectivity index (χ3v) is 3.04. The third kappa shape index (κ3) is 2.19. The summed E-state index contributed by atoms with van der Waals surface area (Å²) >= 11 is 6.96. The molecule has 0 saturated carbocycles. The van der Waals surface area contributed by atoms with Gasteiger partial charge in [0, 0.05) is 0 Å². The first-order valence-corrected chi connectivity index (χ1v) is 4.62. The van der Waals surface area contributed by atoms with Gasteiger partial charge in [0.2, 0.25) is 0 Å². The zero-order valence-electron chi connectivity index (χ0n) is 6.76. The third-order valence-electron chi connectivity index (χ3n) is 1.34. The minimum Gasteiger partial charge on any atom is -0.351 e. The second kappa shape index (κ2) is 3.76. The number of amides is 3. The monoisotopic (exact) mass is 218 g/mol. The van der Waals surface area contributed by atoms with Crippen molar-refractivity contribution in [3.63, 3.8) is 0 Å². The van der Waals surface area contributed by atoms with Crippen LogP contribution in [-0.2, 0) is 0 Å². The van der Waals surface area contributed by atoms with E-state index in [1.807, 2.05) is 5.32 Å². The lowest BCUT2D eigenvalue weighted by Gasteiger charge is -1.97. The number of primary amides is 1. The van der Waals surface area contributed by atoms with Gasteiger partial charge in [-0.2, -0.15) is 0 Å². The average molecular weight is 219 g/mol. The van der Waals surface area contributed by atoms with Crippen LogP contribution in [-0.4, -0.2) is 11.9 Å². The van der Waals surface area contributed by atoms with E-state index >= 15 is 0 Å². The molecule has 0 spiro atoms.